The molecule has 0 aromatic heterocycles. The molecule has 0 radical (unpaired) electrons. The summed E-state index contributed by atoms with van der Waals surface area (Å²) < 4.78 is 10.8. The quantitative estimate of drug-likeness (QED) is 0.723. The number of carbonyl (C=O) groups is 1. The number of hydrogen-bond donors (Lipinski definition) is 1. The Labute approximate surface area is 103 Å². The largest absolute Gasteiger partial charge is 0.460 e. The highest BCUT2D eigenvalue weighted by Crippen LogP contribution is 2.41. The molecule has 1 aliphatic rings. The zero-order valence-corrected chi connectivity index (χ0v) is 11.2. The summed E-state index contributed by atoms with van der Waals surface area (Å²) in [6, 6.07) is 0. The molecule has 1 N–H and O–H groups in total. The molecule has 4 nitrogen and oxygen atoms in total. The van der Waals surface area contributed by atoms with Crippen molar-refractivity contribution in [3.05, 3.63) is 0 Å². The predicted octanol–water partition coefficient (Wildman–Crippen LogP) is 1.75. The zero-order valence-electron chi connectivity index (χ0n) is 11.2. The third-order valence-electron chi connectivity index (χ3n) is 2.92. The lowest BCUT2D eigenvalue weighted by Crippen LogP contribution is -2.25. The van der Waals surface area contributed by atoms with Crippen LogP contribution in [0.25, 0.3) is 0 Å². The summed E-state index contributed by atoms with van der Waals surface area (Å²) in [5.74, 6) is 0.629. The van der Waals surface area contributed by atoms with Gasteiger partial charge in [-0.25, -0.2) is 0 Å². The van der Waals surface area contributed by atoms with Crippen LogP contribution >= 0.6 is 0 Å². The molecule has 1 saturated carbocycles. The van der Waals surface area contributed by atoms with Crippen molar-refractivity contribution in [2.24, 2.45) is 11.8 Å². The van der Waals surface area contributed by atoms with Gasteiger partial charge in [0.25, 0.3) is 0 Å². The first-order chi connectivity index (χ1) is 7.83. The Balaban J connectivity index is 2.09. The monoisotopic (exact) mass is 244 g/mol. The summed E-state index contributed by atoms with van der Waals surface area (Å²) >= 11 is 0. The van der Waals surface area contributed by atoms with E-state index in [4.69, 9.17) is 14.6 Å². The van der Waals surface area contributed by atoms with Crippen LogP contribution in [0.1, 0.15) is 40.5 Å². The molecule has 0 aromatic rings. The Morgan fingerprint density at radius 2 is 2.12 bits per heavy atom. The van der Waals surface area contributed by atoms with Gasteiger partial charge in [0.2, 0.25) is 0 Å². The van der Waals surface area contributed by atoms with Gasteiger partial charge in [0, 0.05) is 6.61 Å². The van der Waals surface area contributed by atoms with E-state index in [1.807, 2.05) is 27.7 Å². The van der Waals surface area contributed by atoms with Crippen LogP contribution in [-0.4, -0.2) is 36.0 Å². The van der Waals surface area contributed by atoms with E-state index in [-0.39, 0.29) is 25.1 Å². The number of aliphatic hydroxyl groups excluding tert-OH is 1. The van der Waals surface area contributed by atoms with E-state index in [9.17, 15) is 4.79 Å². The summed E-state index contributed by atoms with van der Waals surface area (Å²) in [6.45, 7) is 8.18. The van der Waals surface area contributed by atoms with Crippen LogP contribution in [0.2, 0.25) is 0 Å². The molecule has 0 aromatic carbocycles. The summed E-state index contributed by atoms with van der Waals surface area (Å²) in [4.78, 5) is 11.4. The molecule has 0 aliphatic heterocycles. The molecule has 3 atom stereocenters. The SMILES string of the molecule is C[C@H](OCCC(=O)OC(C)(C)C)[C@H]1C[C@@H]1CO. The summed E-state index contributed by atoms with van der Waals surface area (Å²) in [5.41, 5.74) is -0.429. The van der Waals surface area contributed by atoms with Gasteiger partial charge >= 0.3 is 5.97 Å². The van der Waals surface area contributed by atoms with Crippen molar-refractivity contribution < 1.29 is 19.4 Å². The van der Waals surface area contributed by atoms with Gasteiger partial charge in [-0.1, -0.05) is 0 Å². The fourth-order valence-corrected chi connectivity index (χ4v) is 1.90. The molecule has 1 aliphatic carbocycles. The van der Waals surface area contributed by atoms with Gasteiger partial charge in [0.15, 0.2) is 0 Å². The van der Waals surface area contributed by atoms with Crippen LogP contribution < -0.4 is 0 Å². The molecule has 17 heavy (non-hydrogen) atoms. The first kappa shape index (κ1) is 14.5. The highest BCUT2D eigenvalue weighted by atomic mass is 16.6. The number of ether oxygens (including phenoxy) is 2. The summed E-state index contributed by atoms with van der Waals surface area (Å²) in [6.07, 6.45) is 1.44. The van der Waals surface area contributed by atoms with Crippen molar-refractivity contribution >= 4 is 5.97 Å². The first-order valence-corrected chi connectivity index (χ1v) is 6.28. The van der Waals surface area contributed by atoms with Crippen LogP contribution in [0.5, 0.6) is 0 Å². The van der Waals surface area contributed by atoms with E-state index < -0.39 is 5.60 Å². The van der Waals surface area contributed by atoms with Gasteiger partial charge in [-0.2, -0.15) is 0 Å². The van der Waals surface area contributed by atoms with Crippen molar-refractivity contribution in [1.29, 1.82) is 0 Å². The minimum absolute atomic E-state index is 0.120. The van der Waals surface area contributed by atoms with Gasteiger partial charge in [0.05, 0.1) is 19.1 Å². The molecule has 100 valence electrons. The van der Waals surface area contributed by atoms with Gasteiger partial charge in [-0.3, -0.25) is 4.79 Å². The molecular formula is C13H24O4. The summed E-state index contributed by atoms with van der Waals surface area (Å²) in [7, 11) is 0. The highest BCUT2D eigenvalue weighted by Gasteiger charge is 2.40. The van der Waals surface area contributed by atoms with E-state index in [1.165, 1.54) is 0 Å². The average molecular weight is 244 g/mol. The van der Waals surface area contributed by atoms with Crippen molar-refractivity contribution in [1.82, 2.24) is 0 Å². The molecule has 1 fully saturated rings. The fraction of sp³-hybridized carbons (Fsp3) is 0.923. The molecular weight excluding hydrogens is 220 g/mol. The lowest BCUT2D eigenvalue weighted by atomic mass is 10.2. The van der Waals surface area contributed by atoms with Crippen molar-refractivity contribution in [2.45, 2.75) is 52.2 Å². The number of esters is 1. The Hall–Kier alpha value is -0.610. The molecule has 0 amide bonds. The van der Waals surface area contributed by atoms with Gasteiger partial charge in [-0.05, 0) is 46.0 Å². The summed E-state index contributed by atoms with van der Waals surface area (Å²) in [5, 5.41) is 8.94. The minimum atomic E-state index is -0.429. The maximum absolute atomic E-state index is 11.4. The van der Waals surface area contributed by atoms with Gasteiger partial charge in [0.1, 0.15) is 5.60 Å². The number of rotatable bonds is 6. The molecule has 1 rings (SSSR count). The standard InChI is InChI=1S/C13H24O4/c1-9(11-7-10(11)8-14)16-6-5-12(15)17-13(2,3)4/h9-11,14H,5-8H2,1-4H3/t9-,10+,11+/m0/s1. The van der Waals surface area contributed by atoms with Crippen LogP contribution in [0.15, 0.2) is 0 Å². The second-order valence-electron chi connectivity index (χ2n) is 5.75. The Bertz CT molecular complexity index is 257. The maximum atomic E-state index is 11.4. The Morgan fingerprint density at radius 1 is 1.47 bits per heavy atom. The van der Waals surface area contributed by atoms with Gasteiger partial charge in [-0.15, -0.1) is 0 Å². The van der Waals surface area contributed by atoms with E-state index in [0.29, 0.717) is 18.4 Å². The zero-order chi connectivity index (χ0) is 13.1. The van der Waals surface area contributed by atoms with Crippen molar-refractivity contribution in [3.8, 4) is 0 Å². The lowest BCUT2D eigenvalue weighted by molar-refractivity contribution is -0.156. The second kappa shape index (κ2) is 5.83. The number of aliphatic hydroxyl groups is 1. The highest BCUT2D eigenvalue weighted by molar-refractivity contribution is 5.69. The molecule has 0 saturated heterocycles. The maximum Gasteiger partial charge on any atom is 0.308 e. The normalized spacial score (nSPS) is 25.5. The van der Waals surface area contributed by atoms with E-state index in [2.05, 4.69) is 0 Å². The van der Waals surface area contributed by atoms with Crippen molar-refractivity contribution in [2.75, 3.05) is 13.2 Å². The molecule has 0 heterocycles. The van der Waals surface area contributed by atoms with Crippen LogP contribution in [0, 0.1) is 11.8 Å². The van der Waals surface area contributed by atoms with Crippen LogP contribution in [-0.2, 0) is 14.3 Å². The average Bonchev–Trinajstić information content (AvgIpc) is 2.93. The van der Waals surface area contributed by atoms with E-state index >= 15 is 0 Å². The Kier molecular flexibility index (Phi) is 4.95. The van der Waals surface area contributed by atoms with Crippen LogP contribution in [0.4, 0.5) is 0 Å². The molecule has 4 heteroatoms. The van der Waals surface area contributed by atoms with Gasteiger partial charge < -0.3 is 14.6 Å². The molecule has 0 spiro atoms. The van der Waals surface area contributed by atoms with E-state index in [0.717, 1.165) is 6.42 Å². The third-order valence-corrected chi connectivity index (χ3v) is 2.92. The predicted molar refractivity (Wildman–Crippen MR) is 64.6 cm³/mol. The second-order valence-corrected chi connectivity index (χ2v) is 5.75. The lowest BCUT2D eigenvalue weighted by Gasteiger charge is -2.20. The Morgan fingerprint density at radius 3 is 2.59 bits per heavy atom. The number of carbonyl (C=O) groups excluding carboxylic acids is 1. The van der Waals surface area contributed by atoms with Crippen molar-refractivity contribution in [3.63, 3.8) is 0 Å². The first-order valence-electron chi connectivity index (χ1n) is 6.28. The van der Waals surface area contributed by atoms with E-state index in [1.54, 1.807) is 0 Å². The third kappa shape index (κ3) is 5.50. The number of hydrogen-bond acceptors (Lipinski definition) is 4. The smallest absolute Gasteiger partial charge is 0.308 e. The van der Waals surface area contributed by atoms with Crippen LogP contribution in [0.3, 0.4) is 0 Å². The molecule has 0 unspecified atom stereocenters. The minimum Gasteiger partial charge on any atom is -0.460 e. The topological polar surface area (TPSA) is 55.8 Å². The fourth-order valence-electron chi connectivity index (χ4n) is 1.90. The molecule has 0 bridgehead atoms.